The number of benzene rings is 1. The summed E-state index contributed by atoms with van der Waals surface area (Å²) in [6.07, 6.45) is 1.36. The Morgan fingerprint density at radius 3 is 2.95 bits per heavy atom. The first-order valence-electron chi connectivity index (χ1n) is 6.80. The van der Waals surface area contributed by atoms with Crippen molar-refractivity contribution in [3.8, 4) is 0 Å². The van der Waals surface area contributed by atoms with Crippen molar-refractivity contribution in [3.63, 3.8) is 0 Å². The van der Waals surface area contributed by atoms with Gasteiger partial charge in [0, 0.05) is 19.5 Å². The molecule has 2 rings (SSSR count). The molecular weight excluding hydrogens is 256 g/mol. The summed E-state index contributed by atoms with van der Waals surface area (Å²) in [5.74, 6) is 1.13. The molecule has 108 valence electrons. The number of methoxy groups -OCH3 is 1. The van der Waals surface area contributed by atoms with Gasteiger partial charge in [-0.2, -0.15) is 0 Å². The van der Waals surface area contributed by atoms with E-state index < -0.39 is 0 Å². The van der Waals surface area contributed by atoms with E-state index in [0.29, 0.717) is 19.1 Å². The van der Waals surface area contributed by atoms with Crippen LogP contribution in [0.25, 0.3) is 0 Å². The van der Waals surface area contributed by atoms with Crippen molar-refractivity contribution in [3.05, 3.63) is 35.9 Å². The molecule has 1 aliphatic heterocycles. The quantitative estimate of drug-likeness (QED) is 0.918. The van der Waals surface area contributed by atoms with Crippen LogP contribution in [0, 0.1) is 5.92 Å². The molecule has 0 spiro atoms. The molecule has 0 saturated heterocycles. The third kappa shape index (κ3) is 4.57. The molecule has 5 nitrogen and oxygen atoms in total. The van der Waals surface area contributed by atoms with Gasteiger partial charge in [0.1, 0.15) is 6.61 Å². The van der Waals surface area contributed by atoms with Crippen molar-refractivity contribution in [2.24, 2.45) is 10.9 Å². The average molecular weight is 276 g/mol. The van der Waals surface area contributed by atoms with E-state index in [1.165, 1.54) is 0 Å². The van der Waals surface area contributed by atoms with E-state index in [1.807, 2.05) is 30.3 Å². The van der Waals surface area contributed by atoms with Crippen molar-refractivity contribution < 1.29 is 14.3 Å². The SMILES string of the molecule is COC1=NCCC(CNC(=O)OCc2ccccc2)C1. The number of nitrogens with one attached hydrogen (secondary N) is 1. The molecule has 20 heavy (non-hydrogen) atoms. The Labute approximate surface area is 119 Å². The summed E-state index contributed by atoms with van der Waals surface area (Å²) in [5, 5.41) is 2.80. The fourth-order valence-electron chi connectivity index (χ4n) is 2.11. The van der Waals surface area contributed by atoms with Gasteiger partial charge in [0.15, 0.2) is 5.90 Å². The smallest absolute Gasteiger partial charge is 0.407 e. The first-order chi connectivity index (χ1) is 9.78. The van der Waals surface area contributed by atoms with Crippen LogP contribution in [-0.2, 0) is 16.1 Å². The fourth-order valence-corrected chi connectivity index (χ4v) is 2.11. The zero-order chi connectivity index (χ0) is 14.2. The number of carbonyl (C=O) groups is 1. The Morgan fingerprint density at radius 1 is 1.40 bits per heavy atom. The Balaban J connectivity index is 1.67. The third-order valence-corrected chi connectivity index (χ3v) is 3.27. The zero-order valence-electron chi connectivity index (χ0n) is 11.7. The molecule has 1 amide bonds. The Morgan fingerprint density at radius 2 is 2.20 bits per heavy atom. The molecule has 1 heterocycles. The molecular formula is C15H20N2O3. The van der Waals surface area contributed by atoms with E-state index >= 15 is 0 Å². The molecule has 1 aliphatic rings. The normalized spacial score (nSPS) is 18.1. The van der Waals surface area contributed by atoms with Gasteiger partial charge in [0.25, 0.3) is 0 Å². The van der Waals surface area contributed by atoms with Gasteiger partial charge < -0.3 is 14.8 Å². The van der Waals surface area contributed by atoms with Crippen molar-refractivity contribution in [1.29, 1.82) is 0 Å². The molecule has 1 N–H and O–H groups in total. The lowest BCUT2D eigenvalue weighted by Crippen LogP contribution is -2.32. The van der Waals surface area contributed by atoms with E-state index in [1.54, 1.807) is 7.11 Å². The van der Waals surface area contributed by atoms with E-state index in [9.17, 15) is 4.79 Å². The average Bonchev–Trinajstić information content (AvgIpc) is 2.52. The Bertz CT molecular complexity index is 459. The van der Waals surface area contributed by atoms with Crippen LogP contribution in [0.5, 0.6) is 0 Å². The largest absolute Gasteiger partial charge is 0.484 e. The predicted octanol–water partition coefficient (Wildman–Crippen LogP) is 2.37. The second-order valence-corrected chi connectivity index (χ2v) is 4.78. The first kappa shape index (κ1) is 14.4. The highest BCUT2D eigenvalue weighted by molar-refractivity contribution is 5.77. The zero-order valence-corrected chi connectivity index (χ0v) is 11.7. The van der Waals surface area contributed by atoms with Gasteiger partial charge in [-0.05, 0) is 17.9 Å². The molecule has 1 aromatic rings. The second kappa shape index (κ2) is 7.53. The molecule has 5 heteroatoms. The molecule has 0 fully saturated rings. The van der Waals surface area contributed by atoms with E-state index in [2.05, 4.69) is 10.3 Å². The lowest BCUT2D eigenvalue weighted by atomic mass is 9.99. The van der Waals surface area contributed by atoms with Crippen molar-refractivity contribution >= 4 is 12.0 Å². The summed E-state index contributed by atoms with van der Waals surface area (Å²) in [7, 11) is 1.63. The number of amides is 1. The highest BCUT2D eigenvalue weighted by atomic mass is 16.5. The summed E-state index contributed by atoms with van der Waals surface area (Å²) >= 11 is 0. The molecule has 1 atom stereocenters. The van der Waals surface area contributed by atoms with Crippen LogP contribution in [0.4, 0.5) is 4.79 Å². The van der Waals surface area contributed by atoms with Gasteiger partial charge >= 0.3 is 6.09 Å². The molecule has 1 unspecified atom stereocenters. The van der Waals surface area contributed by atoms with Crippen LogP contribution in [0.15, 0.2) is 35.3 Å². The Hall–Kier alpha value is -2.04. The maximum Gasteiger partial charge on any atom is 0.407 e. The summed E-state index contributed by atoms with van der Waals surface area (Å²) in [6.45, 7) is 1.65. The number of hydrogen-bond donors (Lipinski definition) is 1. The summed E-state index contributed by atoms with van der Waals surface area (Å²) in [5.41, 5.74) is 0.981. The van der Waals surface area contributed by atoms with Gasteiger partial charge in [-0.3, -0.25) is 4.99 Å². The van der Waals surface area contributed by atoms with E-state index in [4.69, 9.17) is 9.47 Å². The van der Waals surface area contributed by atoms with Crippen LogP contribution in [-0.4, -0.2) is 32.2 Å². The number of carbonyl (C=O) groups excluding carboxylic acids is 1. The lowest BCUT2D eigenvalue weighted by molar-refractivity contribution is 0.137. The number of rotatable bonds is 4. The van der Waals surface area contributed by atoms with E-state index in [0.717, 1.165) is 30.8 Å². The molecule has 1 aromatic carbocycles. The van der Waals surface area contributed by atoms with Gasteiger partial charge in [0.2, 0.25) is 0 Å². The van der Waals surface area contributed by atoms with Crippen LogP contribution in [0.3, 0.4) is 0 Å². The number of nitrogens with zero attached hydrogens (tertiary/aromatic N) is 1. The van der Waals surface area contributed by atoms with Crippen LogP contribution >= 0.6 is 0 Å². The fraction of sp³-hybridized carbons (Fsp3) is 0.467. The van der Waals surface area contributed by atoms with Crippen LogP contribution in [0.2, 0.25) is 0 Å². The lowest BCUT2D eigenvalue weighted by Gasteiger charge is -2.21. The predicted molar refractivity (Wildman–Crippen MR) is 76.7 cm³/mol. The molecule has 0 aliphatic carbocycles. The third-order valence-electron chi connectivity index (χ3n) is 3.27. The number of ether oxygens (including phenoxy) is 2. The minimum Gasteiger partial charge on any atom is -0.484 e. The molecule has 0 bridgehead atoms. The van der Waals surface area contributed by atoms with Gasteiger partial charge in [-0.15, -0.1) is 0 Å². The van der Waals surface area contributed by atoms with Gasteiger partial charge in [-0.25, -0.2) is 4.79 Å². The maximum atomic E-state index is 11.6. The summed E-state index contributed by atoms with van der Waals surface area (Å²) in [6, 6.07) is 9.63. The molecule has 0 aromatic heterocycles. The van der Waals surface area contributed by atoms with Crippen molar-refractivity contribution in [2.75, 3.05) is 20.2 Å². The molecule has 0 radical (unpaired) electrons. The minimum atomic E-state index is -0.379. The topological polar surface area (TPSA) is 59.9 Å². The first-order valence-corrected chi connectivity index (χ1v) is 6.80. The maximum absolute atomic E-state index is 11.6. The highest BCUT2D eigenvalue weighted by Gasteiger charge is 2.18. The highest BCUT2D eigenvalue weighted by Crippen LogP contribution is 2.14. The number of aliphatic imine (C=N–C) groups is 1. The van der Waals surface area contributed by atoms with Crippen molar-refractivity contribution in [2.45, 2.75) is 19.4 Å². The minimum absolute atomic E-state index is 0.294. The number of hydrogen-bond acceptors (Lipinski definition) is 4. The van der Waals surface area contributed by atoms with Crippen LogP contribution < -0.4 is 5.32 Å². The molecule has 0 saturated carbocycles. The Kier molecular flexibility index (Phi) is 5.41. The van der Waals surface area contributed by atoms with Crippen molar-refractivity contribution in [1.82, 2.24) is 5.32 Å². The standard InChI is InChI=1S/C15H20N2O3/c1-19-14-9-13(7-8-16-14)10-17-15(18)20-11-12-5-3-2-4-6-12/h2-6,13H,7-11H2,1H3,(H,17,18). The van der Waals surface area contributed by atoms with Gasteiger partial charge in [0.05, 0.1) is 7.11 Å². The summed E-state index contributed by atoms with van der Waals surface area (Å²) in [4.78, 5) is 15.9. The van der Waals surface area contributed by atoms with E-state index in [-0.39, 0.29) is 6.09 Å². The number of alkyl carbamates (subject to hydrolysis) is 1. The van der Waals surface area contributed by atoms with Gasteiger partial charge in [-0.1, -0.05) is 30.3 Å². The summed E-state index contributed by atoms with van der Waals surface area (Å²) < 4.78 is 10.3. The monoisotopic (exact) mass is 276 g/mol. The second-order valence-electron chi connectivity index (χ2n) is 4.78. The van der Waals surface area contributed by atoms with Crippen LogP contribution in [0.1, 0.15) is 18.4 Å².